The Morgan fingerprint density at radius 1 is 1.47 bits per heavy atom. The molecule has 1 aromatic carbocycles. The van der Waals surface area contributed by atoms with Crippen molar-refractivity contribution in [3.8, 4) is 5.75 Å². The van der Waals surface area contributed by atoms with Crippen molar-refractivity contribution >= 4 is 5.69 Å². The summed E-state index contributed by atoms with van der Waals surface area (Å²) in [4.78, 5) is 0. The first-order valence-electron chi connectivity index (χ1n) is 5.47. The zero-order valence-electron chi connectivity index (χ0n) is 9.25. The maximum absolute atomic E-state index is 9.64. The van der Waals surface area contributed by atoms with Crippen molar-refractivity contribution in [3.05, 3.63) is 23.8 Å². The number of nitrogens with one attached hydrogen (secondary N) is 2. The fraction of sp³-hybridized carbons (Fsp3) is 0.500. The summed E-state index contributed by atoms with van der Waals surface area (Å²) in [6.45, 7) is 5.18. The molecule has 0 amide bonds. The number of hydrogen-bond donors (Lipinski definition) is 3. The molecule has 0 saturated carbocycles. The molecule has 0 aliphatic carbocycles. The van der Waals surface area contributed by atoms with Crippen LogP contribution in [0.15, 0.2) is 18.2 Å². The molecule has 1 aromatic rings. The molecule has 0 radical (unpaired) electrons. The second kappa shape index (κ2) is 4.11. The van der Waals surface area contributed by atoms with Gasteiger partial charge in [0.2, 0.25) is 0 Å². The van der Waals surface area contributed by atoms with E-state index in [-0.39, 0.29) is 0 Å². The number of benzene rings is 1. The first-order chi connectivity index (χ1) is 7.16. The number of phenolic OH excluding ortho intramolecular Hbond substituents is 1. The monoisotopic (exact) mass is 206 g/mol. The van der Waals surface area contributed by atoms with Crippen LogP contribution in [0.25, 0.3) is 0 Å². The summed E-state index contributed by atoms with van der Waals surface area (Å²) < 4.78 is 0. The fourth-order valence-electron chi connectivity index (χ4n) is 2.11. The summed E-state index contributed by atoms with van der Waals surface area (Å²) in [6, 6.07) is 6.64. The molecule has 0 bridgehead atoms. The molecular formula is C12H18N2O. The Morgan fingerprint density at radius 2 is 2.27 bits per heavy atom. The van der Waals surface area contributed by atoms with E-state index >= 15 is 0 Å². The van der Waals surface area contributed by atoms with Crippen molar-refractivity contribution in [1.29, 1.82) is 0 Å². The van der Waals surface area contributed by atoms with Crippen molar-refractivity contribution in [1.82, 2.24) is 5.32 Å². The SMILES string of the molecule is CC(C)NC1CNc2c(O)cccc2C1. The minimum atomic E-state index is 0.357. The molecule has 3 heteroatoms. The quantitative estimate of drug-likeness (QED) is 0.646. The molecule has 0 spiro atoms. The van der Waals surface area contributed by atoms with Gasteiger partial charge in [-0.25, -0.2) is 0 Å². The molecule has 1 aliphatic heterocycles. The zero-order valence-corrected chi connectivity index (χ0v) is 9.25. The lowest BCUT2D eigenvalue weighted by Gasteiger charge is -2.28. The van der Waals surface area contributed by atoms with Gasteiger partial charge in [0.05, 0.1) is 5.69 Å². The molecule has 82 valence electrons. The third-order valence-corrected chi connectivity index (χ3v) is 2.69. The van der Waals surface area contributed by atoms with E-state index in [1.165, 1.54) is 5.56 Å². The lowest BCUT2D eigenvalue weighted by Crippen LogP contribution is -2.43. The highest BCUT2D eigenvalue weighted by molar-refractivity contribution is 5.63. The Balaban J connectivity index is 2.13. The smallest absolute Gasteiger partial charge is 0.138 e. The number of para-hydroxylation sites is 1. The van der Waals surface area contributed by atoms with Gasteiger partial charge in [-0.05, 0) is 18.1 Å². The zero-order chi connectivity index (χ0) is 10.8. The van der Waals surface area contributed by atoms with E-state index in [1.54, 1.807) is 6.07 Å². The van der Waals surface area contributed by atoms with Gasteiger partial charge in [0.1, 0.15) is 5.75 Å². The third-order valence-electron chi connectivity index (χ3n) is 2.69. The standard InChI is InChI=1S/C12H18N2O/c1-8(2)14-10-6-9-4-3-5-11(15)12(9)13-7-10/h3-5,8,10,13-15H,6-7H2,1-2H3. The van der Waals surface area contributed by atoms with Crippen LogP contribution in [0.4, 0.5) is 5.69 Å². The summed E-state index contributed by atoms with van der Waals surface area (Å²) in [5, 5.41) is 16.4. The molecule has 1 atom stereocenters. The fourth-order valence-corrected chi connectivity index (χ4v) is 2.11. The average Bonchev–Trinajstić information content (AvgIpc) is 2.17. The van der Waals surface area contributed by atoms with Gasteiger partial charge in [-0.15, -0.1) is 0 Å². The summed E-state index contributed by atoms with van der Waals surface area (Å²) in [5.41, 5.74) is 2.10. The minimum Gasteiger partial charge on any atom is -0.506 e. The van der Waals surface area contributed by atoms with Crippen molar-refractivity contribution in [2.45, 2.75) is 32.4 Å². The van der Waals surface area contributed by atoms with Crippen molar-refractivity contribution in [3.63, 3.8) is 0 Å². The molecule has 1 unspecified atom stereocenters. The summed E-state index contributed by atoms with van der Waals surface area (Å²) in [6.07, 6.45) is 0.981. The first-order valence-corrected chi connectivity index (χ1v) is 5.47. The molecule has 1 aliphatic rings. The van der Waals surface area contributed by atoms with Crippen molar-refractivity contribution in [2.75, 3.05) is 11.9 Å². The minimum absolute atomic E-state index is 0.357. The van der Waals surface area contributed by atoms with E-state index < -0.39 is 0 Å². The molecule has 0 saturated heterocycles. The van der Waals surface area contributed by atoms with E-state index in [0.717, 1.165) is 18.7 Å². The van der Waals surface area contributed by atoms with Crippen LogP contribution in [0.1, 0.15) is 19.4 Å². The summed E-state index contributed by atoms with van der Waals surface area (Å²) >= 11 is 0. The van der Waals surface area contributed by atoms with Crippen LogP contribution >= 0.6 is 0 Å². The average molecular weight is 206 g/mol. The Labute approximate surface area is 90.5 Å². The molecule has 3 nitrogen and oxygen atoms in total. The Bertz CT molecular complexity index is 349. The van der Waals surface area contributed by atoms with E-state index in [2.05, 4.69) is 30.5 Å². The van der Waals surface area contributed by atoms with Gasteiger partial charge in [0.25, 0.3) is 0 Å². The van der Waals surface area contributed by atoms with E-state index in [9.17, 15) is 5.11 Å². The second-order valence-corrected chi connectivity index (χ2v) is 4.41. The van der Waals surface area contributed by atoms with Gasteiger partial charge in [-0.3, -0.25) is 0 Å². The summed E-state index contributed by atoms with van der Waals surface area (Å²) in [5.74, 6) is 0.357. The number of anilines is 1. The van der Waals surface area contributed by atoms with Gasteiger partial charge in [0, 0.05) is 18.6 Å². The Hall–Kier alpha value is -1.22. The van der Waals surface area contributed by atoms with Gasteiger partial charge in [-0.2, -0.15) is 0 Å². The van der Waals surface area contributed by atoms with Crippen LogP contribution in [0.2, 0.25) is 0 Å². The Morgan fingerprint density at radius 3 is 3.00 bits per heavy atom. The lowest BCUT2D eigenvalue weighted by molar-refractivity contribution is 0.454. The van der Waals surface area contributed by atoms with E-state index in [4.69, 9.17) is 0 Å². The molecular weight excluding hydrogens is 188 g/mol. The number of rotatable bonds is 2. The van der Waals surface area contributed by atoms with Crippen LogP contribution < -0.4 is 10.6 Å². The van der Waals surface area contributed by atoms with Gasteiger partial charge in [0.15, 0.2) is 0 Å². The number of fused-ring (bicyclic) bond motifs is 1. The molecule has 15 heavy (non-hydrogen) atoms. The van der Waals surface area contributed by atoms with Gasteiger partial charge in [-0.1, -0.05) is 26.0 Å². The van der Waals surface area contributed by atoms with Crippen molar-refractivity contribution in [2.24, 2.45) is 0 Å². The van der Waals surface area contributed by atoms with Gasteiger partial charge < -0.3 is 15.7 Å². The van der Waals surface area contributed by atoms with Crippen LogP contribution in [0.3, 0.4) is 0 Å². The van der Waals surface area contributed by atoms with Crippen LogP contribution in [0.5, 0.6) is 5.75 Å². The number of hydrogen-bond acceptors (Lipinski definition) is 3. The second-order valence-electron chi connectivity index (χ2n) is 4.41. The number of aromatic hydroxyl groups is 1. The summed E-state index contributed by atoms with van der Waals surface area (Å²) in [7, 11) is 0. The topological polar surface area (TPSA) is 44.3 Å². The predicted molar refractivity (Wildman–Crippen MR) is 62.4 cm³/mol. The maximum Gasteiger partial charge on any atom is 0.138 e. The van der Waals surface area contributed by atoms with E-state index in [1.807, 2.05) is 6.07 Å². The molecule has 1 heterocycles. The highest BCUT2D eigenvalue weighted by atomic mass is 16.3. The lowest BCUT2D eigenvalue weighted by atomic mass is 9.98. The third kappa shape index (κ3) is 2.23. The van der Waals surface area contributed by atoms with Crippen molar-refractivity contribution < 1.29 is 5.11 Å². The molecule has 0 fully saturated rings. The molecule has 0 aromatic heterocycles. The van der Waals surface area contributed by atoms with Crippen LogP contribution in [0, 0.1) is 0 Å². The molecule has 2 rings (SSSR count). The highest BCUT2D eigenvalue weighted by Crippen LogP contribution is 2.30. The molecule has 3 N–H and O–H groups in total. The first kappa shape index (κ1) is 10.3. The maximum atomic E-state index is 9.64. The Kier molecular flexibility index (Phi) is 2.82. The van der Waals surface area contributed by atoms with Crippen LogP contribution in [-0.4, -0.2) is 23.7 Å². The highest BCUT2D eigenvalue weighted by Gasteiger charge is 2.20. The van der Waals surface area contributed by atoms with E-state index in [0.29, 0.717) is 17.8 Å². The van der Waals surface area contributed by atoms with Crippen LogP contribution in [-0.2, 0) is 6.42 Å². The largest absolute Gasteiger partial charge is 0.506 e. The number of phenols is 1. The van der Waals surface area contributed by atoms with Gasteiger partial charge >= 0.3 is 0 Å². The normalized spacial score (nSPS) is 19.8. The predicted octanol–water partition coefficient (Wildman–Crippen LogP) is 1.73.